The fourth-order valence-corrected chi connectivity index (χ4v) is 0.572. The van der Waals surface area contributed by atoms with Crippen LogP contribution in [-0.2, 0) is 9.08 Å². The lowest BCUT2D eigenvalue weighted by molar-refractivity contribution is -0.136. The van der Waals surface area contributed by atoms with Crippen molar-refractivity contribution < 1.29 is 18.7 Å². The zero-order chi connectivity index (χ0) is 10.4. The molecule has 0 aliphatic rings. The van der Waals surface area contributed by atoms with E-state index in [9.17, 15) is 14.4 Å². The van der Waals surface area contributed by atoms with Crippen LogP contribution in [-0.4, -0.2) is 41.6 Å². The van der Waals surface area contributed by atoms with Gasteiger partial charge in [0.1, 0.15) is 11.9 Å². The van der Waals surface area contributed by atoms with E-state index in [1.54, 1.807) is 0 Å². The van der Waals surface area contributed by atoms with Crippen molar-refractivity contribution in [1.82, 2.24) is 10.6 Å². The van der Waals surface area contributed by atoms with Gasteiger partial charge in [-0.1, -0.05) is 0 Å². The number of nitrogens with one attached hydrogen (secondary N) is 2. The Labute approximate surface area is 94.6 Å². The maximum atomic E-state index is 10.7. The van der Waals surface area contributed by atoms with Gasteiger partial charge in [-0.3, -0.25) is 0 Å². The summed E-state index contributed by atoms with van der Waals surface area (Å²) >= 11 is 4.68. The van der Waals surface area contributed by atoms with Crippen molar-refractivity contribution in [2.24, 2.45) is 11.5 Å². The molecule has 0 radical (unpaired) electrons. The van der Waals surface area contributed by atoms with Crippen LogP contribution < -0.4 is 22.1 Å². The topological polar surface area (TPSA) is 137 Å². The Morgan fingerprint density at radius 2 is 1.50 bits per heavy atom. The van der Waals surface area contributed by atoms with E-state index < -0.39 is 24.2 Å². The summed E-state index contributed by atoms with van der Waals surface area (Å²) in [5.41, 5.74) is 9.34. The van der Waals surface area contributed by atoms with E-state index in [1.165, 1.54) is 0 Å². The number of carbonyl (C=O) groups is 3. The number of rotatable bonds is 3. The van der Waals surface area contributed by atoms with E-state index in [0.717, 1.165) is 0 Å². The predicted octanol–water partition coefficient (Wildman–Crippen LogP) is -2.84. The van der Waals surface area contributed by atoms with Gasteiger partial charge in [0, 0.05) is 0 Å². The van der Waals surface area contributed by atoms with Crippen LogP contribution in [0, 0.1) is 0 Å². The molecule has 4 amide bonds. The average molecular weight is 241 g/mol. The standard InChI is InChI=1S/C4H7ClN4O4.Al.3H/c5-13-2(10)1(8-3(6)11)9-4(7)12;;;;/h1H,(H3,6,8,11)(H3,7,9,12);;;;. The van der Waals surface area contributed by atoms with Crippen molar-refractivity contribution in [3.63, 3.8) is 0 Å². The highest BCUT2D eigenvalue weighted by atomic mass is 35.5. The van der Waals surface area contributed by atoms with E-state index in [4.69, 9.17) is 0 Å². The molecule has 0 heterocycles. The summed E-state index contributed by atoms with van der Waals surface area (Å²) in [6, 6.07) is -2.08. The maximum absolute atomic E-state index is 10.7. The van der Waals surface area contributed by atoms with E-state index in [-0.39, 0.29) is 17.4 Å². The number of halogens is 1. The first-order valence-electron chi connectivity index (χ1n) is 2.91. The molecule has 0 aromatic rings. The summed E-state index contributed by atoms with van der Waals surface area (Å²) in [7, 11) is 0. The second kappa shape index (κ2) is 7.26. The number of hydrogen-bond acceptors (Lipinski definition) is 4. The molecule has 14 heavy (non-hydrogen) atoms. The Balaban J connectivity index is 0. The minimum atomic E-state index is -1.49. The van der Waals surface area contributed by atoms with Gasteiger partial charge in [-0.25, -0.2) is 14.4 Å². The van der Waals surface area contributed by atoms with Crippen molar-refractivity contribution >= 4 is 47.3 Å². The van der Waals surface area contributed by atoms with Gasteiger partial charge in [-0.05, 0) is 0 Å². The van der Waals surface area contributed by atoms with Crippen molar-refractivity contribution in [2.45, 2.75) is 6.17 Å². The molecule has 6 N–H and O–H groups in total. The molecular weight excluding hydrogens is 231 g/mol. The first-order chi connectivity index (χ1) is 5.97. The lowest BCUT2D eigenvalue weighted by Gasteiger charge is -2.13. The first kappa shape index (κ1) is 15.3. The highest BCUT2D eigenvalue weighted by molar-refractivity contribution is 6.14. The average Bonchev–Trinajstić information content (AvgIpc) is 2.00. The number of nitrogens with two attached hydrogens (primary N) is 2. The lowest BCUT2D eigenvalue weighted by atomic mass is 10.5. The zero-order valence-electron chi connectivity index (χ0n) is 6.24. The molecular formula is C4H10AlClN4O4. The molecule has 0 saturated heterocycles. The molecule has 0 spiro atoms. The zero-order valence-corrected chi connectivity index (χ0v) is 7.00. The molecule has 0 aromatic carbocycles. The Kier molecular flexibility index (Phi) is 7.94. The second-order valence-corrected chi connectivity index (χ2v) is 2.00. The smallest absolute Gasteiger partial charge is 0.352 e. The molecule has 80 valence electrons. The van der Waals surface area contributed by atoms with Gasteiger partial charge >= 0.3 is 18.0 Å². The van der Waals surface area contributed by atoms with Crippen molar-refractivity contribution in [3.8, 4) is 0 Å². The van der Waals surface area contributed by atoms with Gasteiger partial charge in [-0.2, -0.15) is 0 Å². The second-order valence-electron chi connectivity index (χ2n) is 1.85. The van der Waals surface area contributed by atoms with Crippen LogP contribution in [0.2, 0.25) is 0 Å². The summed E-state index contributed by atoms with van der Waals surface area (Å²) in [4.78, 5) is 31.2. The summed E-state index contributed by atoms with van der Waals surface area (Å²) in [5, 5.41) is 3.66. The number of urea groups is 2. The lowest BCUT2D eigenvalue weighted by Crippen LogP contribution is -2.55. The van der Waals surface area contributed by atoms with E-state index in [2.05, 4.69) is 27.6 Å². The third-order valence-electron chi connectivity index (χ3n) is 0.885. The Morgan fingerprint density at radius 3 is 1.71 bits per heavy atom. The van der Waals surface area contributed by atoms with Crippen LogP contribution in [0.25, 0.3) is 0 Å². The first-order valence-corrected chi connectivity index (χ1v) is 3.22. The minimum absolute atomic E-state index is 0. The quantitative estimate of drug-likeness (QED) is 0.312. The number of hydrogen-bond donors (Lipinski definition) is 4. The summed E-state index contributed by atoms with van der Waals surface area (Å²) in [6.07, 6.45) is -1.49. The molecule has 0 saturated carbocycles. The Bertz CT molecular complexity index is 221. The van der Waals surface area contributed by atoms with Gasteiger partial charge in [0.05, 0.1) is 0 Å². The highest BCUT2D eigenvalue weighted by Crippen LogP contribution is 1.88. The van der Waals surface area contributed by atoms with Crippen LogP contribution in [0.15, 0.2) is 0 Å². The molecule has 0 aliphatic carbocycles. The third kappa shape index (κ3) is 6.36. The van der Waals surface area contributed by atoms with Crippen LogP contribution in [0.1, 0.15) is 0 Å². The molecule has 0 rings (SSSR count). The van der Waals surface area contributed by atoms with Crippen LogP contribution >= 0.6 is 11.9 Å². The molecule has 0 fully saturated rings. The third-order valence-corrected chi connectivity index (χ3v) is 1.04. The van der Waals surface area contributed by atoms with E-state index in [0.29, 0.717) is 0 Å². The van der Waals surface area contributed by atoms with Gasteiger partial charge < -0.3 is 26.4 Å². The fourth-order valence-electron chi connectivity index (χ4n) is 0.483. The van der Waals surface area contributed by atoms with Crippen LogP contribution in [0.5, 0.6) is 0 Å². The van der Waals surface area contributed by atoms with Crippen LogP contribution in [0.3, 0.4) is 0 Å². The van der Waals surface area contributed by atoms with E-state index in [1.807, 2.05) is 10.6 Å². The predicted molar refractivity (Wildman–Crippen MR) is 51.1 cm³/mol. The maximum Gasteiger partial charge on any atom is 0.367 e. The number of primary amides is 2. The SMILES string of the molecule is NC(=O)NC(NC(N)=O)C(=O)OCl.[AlH3]. The number of carbonyl (C=O) groups excluding carboxylic acids is 3. The van der Waals surface area contributed by atoms with Gasteiger partial charge in [0.25, 0.3) is 0 Å². The van der Waals surface area contributed by atoms with Crippen molar-refractivity contribution in [1.29, 1.82) is 0 Å². The summed E-state index contributed by atoms with van der Waals surface area (Å²) < 4.78 is 3.71. The highest BCUT2D eigenvalue weighted by Gasteiger charge is 2.22. The monoisotopic (exact) mass is 240 g/mol. The van der Waals surface area contributed by atoms with Gasteiger partial charge in [0.2, 0.25) is 6.17 Å². The fraction of sp³-hybridized carbons (Fsp3) is 0.250. The molecule has 0 aromatic heterocycles. The minimum Gasteiger partial charge on any atom is -0.352 e. The molecule has 8 nitrogen and oxygen atoms in total. The van der Waals surface area contributed by atoms with Crippen LogP contribution in [0.4, 0.5) is 9.59 Å². The van der Waals surface area contributed by atoms with Crippen molar-refractivity contribution in [2.75, 3.05) is 0 Å². The normalized spacial score (nSPS) is 8.43. The van der Waals surface area contributed by atoms with Gasteiger partial charge in [0.15, 0.2) is 17.4 Å². The van der Waals surface area contributed by atoms with Gasteiger partial charge in [-0.15, -0.1) is 0 Å². The molecule has 0 atom stereocenters. The molecule has 0 aliphatic heterocycles. The summed E-state index contributed by atoms with van der Waals surface area (Å²) in [5.74, 6) is -1.11. The summed E-state index contributed by atoms with van der Waals surface area (Å²) in [6.45, 7) is 0. The van der Waals surface area contributed by atoms with E-state index >= 15 is 0 Å². The molecule has 0 unspecified atom stereocenters. The van der Waals surface area contributed by atoms with Crippen molar-refractivity contribution in [3.05, 3.63) is 0 Å². The number of amides is 4. The Hall–Kier alpha value is -1.17. The Morgan fingerprint density at radius 1 is 1.14 bits per heavy atom. The largest absolute Gasteiger partial charge is 0.367 e. The molecule has 0 bridgehead atoms. The molecule has 10 heteroatoms.